The Morgan fingerprint density at radius 1 is 0.276 bits per heavy atom. The van der Waals surface area contributed by atoms with E-state index in [1.54, 1.807) is 0 Å². The number of nitrogens with one attached hydrogen (secondary N) is 5. The van der Waals surface area contributed by atoms with E-state index in [-0.39, 0.29) is 17.8 Å². The fourth-order valence-corrected chi connectivity index (χ4v) is 14.3. The van der Waals surface area contributed by atoms with E-state index in [0.717, 1.165) is 135 Å². The van der Waals surface area contributed by atoms with Gasteiger partial charge in [-0.05, 0) is 156 Å². The van der Waals surface area contributed by atoms with Crippen LogP contribution in [0.3, 0.4) is 0 Å². The number of hydrogen-bond donors (Lipinski definition) is 5. The third kappa shape index (κ3) is 6.81. The van der Waals surface area contributed by atoms with Gasteiger partial charge in [0, 0.05) is 113 Å². The van der Waals surface area contributed by atoms with E-state index in [1.807, 2.05) is 36.4 Å². The van der Waals surface area contributed by atoms with Gasteiger partial charge in [-0.3, -0.25) is 0 Å². The highest BCUT2D eigenvalue weighted by Crippen LogP contribution is 2.48. The van der Waals surface area contributed by atoms with Crippen molar-refractivity contribution in [2.45, 2.75) is 24.2 Å². The van der Waals surface area contributed by atoms with Crippen LogP contribution >= 0.6 is 0 Å². The van der Waals surface area contributed by atoms with Crippen LogP contribution in [0.15, 0.2) is 188 Å². The molecule has 3 atom stereocenters. The molecule has 24 bridgehead atoms. The lowest BCUT2D eigenvalue weighted by atomic mass is 9.85. The third-order valence-corrected chi connectivity index (χ3v) is 18.5. The van der Waals surface area contributed by atoms with Crippen LogP contribution in [0, 0.1) is 37.0 Å². The molecule has 11 nitrogen and oxygen atoms in total. The van der Waals surface area contributed by atoms with E-state index in [1.165, 1.54) is 5.57 Å². The molecule has 7 aromatic carbocycles. The van der Waals surface area contributed by atoms with Gasteiger partial charge in [-0.1, -0.05) is 78.0 Å². The van der Waals surface area contributed by atoms with Gasteiger partial charge in [0.15, 0.2) is 0 Å². The lowest BCUT2D eigenvalue weighted by Crippen LogP contribution is -2.05. The zero-order chi connectivity index (χ0) is 57.3. The zero-order valence-corrected chi connectivity index (χ0v) is 46.2. The molecular formula is C76H43N11. The maximum atomic E-state index is 5.94. The predicted molar refractivity (Wildman–Crippen MR) is 345 cm³/mol. The number of benzene rings is 7. The monoisotopic (exact) mass is 1110 g/mol. The average molecular weight is 1110 g/mol. The Balaban J connectivity index is 0.981. The Hall–Kier alpha value is -12.1. The van der Waals surface area contributed by atoms with Gasteiger partial charge >= 0.3 is 0 Å². The molecule has 3 unspecified atom stereocenters. The smallest absolute Gasteiger partial charge is 0.120 e. The maximum Gasteiger partial charge on any atom is 0.120 e. The quantitative estimate of drug-likeness (QED) is 0.0674. The summed E-state index contributed by atoms with van der Waals surface area (Å²) in [4.78, 5) is 54.8. The molecule has 8 aromatic heterocycles. The lowest BCUT2D eigenvalue weighted by molar-refractivity contribution is 0.890. The highest BCUT2D eigenvalue weighted by Gasteiger charge is 2.32. The van der Waals surface area contributed by atoms with Crippen molar-refractivity contribution in [3.8, 4) is 93.3 Å². The Bertz CT molecular complexity index is 5780. The highest BCUT2D eigenvalue weighted by atomic mass is 14.9. The van der Waals surface area contributed by atoms with E-state index in [2.05, 4.69) is 188 Å². The van der Waals surface area contributed by atoms with Crippen molar-refractivity contribution < 1.29 is 0 Å². The second kappa shape index (κ2) is 17.5. The van der Waals surface area contributed by atoms with Crippen molar-refractivity contribution in [2.75, 3.05) is 0 Å². The molecule has 11 heterocycles. The number of terminal acetylenes is 3. The van der Waals surface area contributed by atoms with Gasteiger partial charge in [0.05, 0.1) is 44.9 Å². The maximum absolute atomic E-state index is 5.94. The van der Waals surface area contributed by atoms with Crippen LogP contribution in [0.25, 0.3) is 128 Å². The summed E-state index contributed by atoms with van der Waals surface area (Å²) in [7, 11) is 0. The molecule has 402 valence electrons. The number of rotatable bonds is 3. The van der Waals surface area contributed by atoms with Crippen molar-refractivity contribution in [3.05, 3.63) is 255 Å². The van der Waals surface area contributed by atoms with Gasteiger partial charge in [-0.15, -0.1) is 19.3 Å². The first kappa shape index (κ1) is 47.4. The van der Waals surface area contributed by atoms with Crippen molar-refractivity contribution in [1.82, 2.24) is 54.8 Å². The second-order valence-electron chi connectivity index (χ2n) is 23.2. The number of fused-ring (bicyclic) bond motifs is 18. The van der Waals surface area contributed by atoms with Gasteiger partial charge in [-0.25, -0.2) is 29.9 Å². The molecule has 3 aliphatic heterocycles. The summed E-state index contributed by atoms with van der Waals surface area (Å²) in [5, 5.41) is 0. The number of aromatic nitrogens is 11. The van der Waals surface area contributed by atoms with Crippen LogP contribution in [0.2, 0.25) is 0 Å². The Kier molecular flexibility index (Phi) is 9.52. The fraction of sp³-hybridized carbons (Fsp3) is 0.0526. The number of hydrogen-bond acceptors (Lipinski definition) is 6. The molecule has 0 saturated carbocycles. The van der Waals surface area contributed by atoms with Crippen molar-refractivity contribution in [2.24, 2.45) is 0 Å². The van der Waals surface area contributed by atoms with Gasteiger partial charge in [0.1, 0.15) is 33.1 Å². The van der Waals surface area contributed by atoms with E-state index in [9.17, 15) is 0 Å². The third-order valence-electron chi connectivity index (χ3n) is 18.5. The minimum atomic E-state index is -0.247. The van der Waals surface area contributed by atoms with Crippen LogP contribution in [0.5, 0.6) is 0 Å². The molecule has 0 radical (unpaired) electrons. The standard InChI is InChI=1S/C76H43N11/c1-4-38-7-13-41(14-8-38)62-45-20-19-44(37-45)46-21-22-47-53-28-33-58(78-53)63(42-15-9-39(5-2)10-16-42)59-34-30-55(80-59)50-25-26-51-56-31-36-61(81-56)64(43-17-11-40(6-3)12-18-43)60-35-29-54(79-60)49-24-23-48(52-27-32-57(62)77-52)67-68(49)86-75-73(84-67)71-72(83-66(47)65(46)82-71)74-76(75)87-70(51)69(50)85-74/h1-3,7-36,62-64,77-81H,37H2. The Morgan fingerprint density at radius 2 is 0.540 bits per heavy atom. The van der Waals surface area contributed by atoms with Crippen LogP contribution in [-0.4, -0.2) is 54.8 Å². The molecule has 4 aliphatic rings. The molecule has 5 N–H and O–H groups in total. The molecule has 15 aromatic rings. The molecule has 87 heavy (non-hydrogen) atoms. The van der Waals surface area contributed by atoms with Crippen LogP contribution in [-0.2, 0) is 0 Å². The molecule has 19 rings (SSSR count). The second-order valence-corrected chi connectivity index (χ2v) is 23.2. The zero-order valence-electron chi connectivity index (χ0n) is 46.2. The van der Waals surface area contributed by atoms with Crippen molar-refractivity contribution in [1.29, 1.82) is 0 Å². The highest BCUT2D eigenvalue weighted by molar-refractivity contribution is 6.23. The molecule has 0 saturated heterocycles. The van der Waals surface area contributed by atoms with Gasteiger partial charge in [0.2, 0.25) is 0 Å². The first-order chi connectivity index (χ1) is 42.9. The summed E-state index contributed by atoms with van der Waals surface area (Å²) < 4.78 is 0. The van der Waals surface area contributed by atoms with Gasteiger partial charge in [0.25, 0.3) is 0 Å². The van der Waals surface area contributed by atoms with Crippen molar-refractivity contribution in [3.63, 3.8) is 0 Å². The Labute approximate surface area is 496 Å². The largest absolute Gasteiger partial charge is 0.358 e. The molecule has 0 amide bonds. The number of nitrogens with zero attached hydrogens (tertiary/aromatic N) is 6. The molecule has 0 fully saturated rings. The summed E-state index contributed by atoms with van der Waals surface area (Å²) in [5.41, 5.74) is 30.3. The normalized spacial score (nSPS) is 16.0. The predicted octanol–water partition coefficient (Wildman–Crippen LogP) is 15.7. The molecular weight excluding hydrogens is 1070 g/mol. The fourth-order valence-electron chi connectivity index (χ4n) is 14.3. The van der Waals surface area contributed by atoms with Gasteiger partial charge < -0.3 is 24.9 Å². The van der Waals surface area contributed by atoms with Crippen LogP contribution < -0.4 is 0 Å². The van der Waals surface area contributed by atoms with Gasteiger partial charge in [-0.2, -0.15) is 0 Å². The summed E-state index contributed by atoms with van der Waals surface area (Å²) in [6.45, 7) is 0. The van der Waals surface area contributed by atoms with Crippen molar-refractivity contribution >= 4 is 71.8 Å². The first-order valence-electron chi connectivity index (χ1n) is 29.0. The molecule has 11 heteroatoms. The average Bonchev–Trinajstić information content (AvgIpc) is 1.35. The summed E-state index contributed by atoms with van der Waals surface area (Å²) >= 11 is 0. The minimum absolute atomic E-state index is 0.141. The lowest BCUT2D eigenvalue weighted by Gasteiger charge is -2.20. The van der Waals surface area contributed by atoms with E-state index in [4.69, 9.17) is 49.2 Å². The van der Waals surface area contributed by atoms with E-state index in [0.29, 0.717) is 67.1 Å². The van der Waals surface area contributed by atoms with E-state index < -0.39 is 0 Å². The topological polar surface area (TPSA) is 156 Å². The number of allylic oxidation sites excluding steroid dienone is 4. The Morgan fingerprint density at radius 3 is 0.839 bits per heavy atom. The summed E-state index contributed by atoms with van der Waals surface area (Å²) in [6.07, 6.45) is 23.0. The molecule has 1 aliphatic carbocycles. The number of H-pyrrole nitrogens is 5. The minimum Gasteiger partial charge on any atom is -0.358 e. The molecule has 0 spiro atoms. The van der Waals surface area contributed by atoms with E-state index >= 15 is 0 Å². The summed E-state index contributed by atoms with van der Waals surface area (Å²) in [6, 6.07) is 59.5. The number of aromatic amines is 5. The summed E-state index contributed by atoms with van der Waals surface area (Å²) in [5.74, 6) is 7.81. The van der Waals surface area contributed by atoms with Crippen LogP contribution in [0.4, 0.5) is 0 Å². The van der Waals surface area contributed by atoms with Crippen LogP contribution in [0.1, 0.15) is 91.6 Å². The first-order valence-corrected chi connectivity index (χ1v) is 29.0. The SMILES string of the molecule is C#Cc1ccc(C2C3=CC=C(C3)c3ccc4c5nc6c(nc35)c3nc5c(ccc7c5nc3c3nc5c(ccc(c5nc63)-c3ccc([nH]3)C(c3ccc(C#C)cc3)c3ccc-4[nH]3)-c3ccc([nH]3)C(c3ccc(C#C)cc3)c3ccc-7[nH]3)-c3ccc2[nH]3)cc1.